The predicted molar refractivity (Wildman–Crippen MR) is 179 cm³/mol. The number of ether oxygens (including phenoxy) is 4. The van der Waals surface area contributed by atoms with Gasteiger partial charge in [-0.3, -0.25) is 9.80 Å². The molecule has 0 unspecified atom stereocenters. The number of nitrogens with zero attached hydrogens (tertiary/aromatic N) is 2. The van der Waals surface area contributed by atoms with Crippen LogP contribution in [-0.4, -0.2) is 53.7 Å². The van der Waals surface area contributed by atoms with Gasteiger partial charge in [0.05, 0.1) is 23.7 Å². The first kappa shape index (κ1) is 33.9. The second-order valence-electron chi connectivity index (χ2n) is 12.8. The molecule has 0 saturated heterocycles. The number of halogens is 2. The summed E-state index contributed by atoms with van der Waals surface area (Å²) in [6, 6.07) is 17.0. The summed E-state index contributed by atoms with van der Waals surface area (Å²) < 4.78 is 23.8. The van der Waals surface area contributed by atoms with Gasteiger partial charge in [-0.25, -0.2) is 9.59 Å². The van der Waals surface area contributed by atoms with Crippen LogP contribution in [0.15, 0.2) is 54.6 Å². The van der Waals surface area contributed by atoms with E-state index in [1.807, 2.05) is 42.5 Å². The van der Waals surface area contributed by atoms with E-state index in [0.29, 0.717) is 29.6 Å². The van der Waals surface area contributed by atoms with E-state index in [9.17, 15) is 9.59 Å². The third kappa shape index (κ3) is 7.73. The fourth-order valence-electron chi connectivity index (χ4n) is 5.93. The molecular weight excluding hydrogens is 627 g/mol. The summed E-state index contributed by atoms with van der Waals surface area (Å²) in [6.07, 6.45) is 0.170. The molecule has 0 aromatic heterocycles. The number of esters is 1. The Bertz CT molecular complexity index is 1570. The van der Waals surface area contributed by atoms with E-state index >= 15 is 0 Å². The van der Waals surface area contributed by atoms with Gasteiger partial charge in [0.1, 0.15) is 35.3 Å². The largest absolute Gasteiger partial charge is 0.486 e. The average molecular weight is 670 g/mol. The zero-order valence-electron chi connectivity index (χ0n) is 27.3. The summed E-state index contributed by atoms with van der Waals surface area (Å²) in [5, 5.41) is 1.02. The van der Waals surface area contributed by atoms with E-state index in [1.54, 1.807) is 26.8 Å². The van der Waals surface area contributed by atoms with Crippen LogP contribution in [0.2, 0.25) is 10.0 Å². The number of likely N-dealkylation sites (N-methyl/N-ethyl adjacent to an activating group) is 1. The summed E-state index contributed by atoms with van der Waals surface area (Å²) in [6.45, 7) is 12.1. The van der Waals surface area contributed by atoms with Crippen molar-refractivity contribution in [3.63, 3.8) is 0 Å². The highest BCUT2D eigenvalue weighted by molar-refractivity contribution is 6.42. The van der Waals surface area contributed by atoms with Gasteiger partial charge in [-0.2, -0.15) is 0 Å². The Kier molecular flexibility index (Phi) is 10.4. The summed E-state index contributed by atoms with van der Waals surface area (Å²) in [5.74, 6) is 1.05. The van der Waals surface area contributed by atoms with Crippen molar-refractivity contribution in [3.05, 3.63) is 92.5 Å². The van der Waals surface area contributed by atoms with Crippen LogP contribution in [0, 0.1) is 0 Å². The summed E-state index contributed by atoms with van der Waals surface area (Å²) in [7, 11) is 1.34. The molecule has 0 saturated carbocycles. The quantitative estimate of drug-likeness (QED) is 0.234. The number of methoxy groups -OCH3 is 1. The van der Waals surface area contributed by atoms with Crippen LogP contribution >= 0.6 is 23.2 Å². The minimum atomic E-state index is -0.767. The van der Waals surface area contributed by atoms with E-state index in [1.165, 1.54) is 12.0 Å². The number of carbonyl (C=O) groups is 2. The highest BCUT2D eigenvalue weighted by Gasteiger charge is 2.39. The van der Waals surface area contributed by atoms with Gasteiger partial charge in [-0.1, -0.05) is 61.3 Å². The topological polar surface area (TPSA) is 77.5 Å². The van der Waals surface area contributed by atoms with E-state index in [-0.39, 0.29) is 18.8 Å². The number of carbonyl (C=O) groups excluding carboxylic acids is 2. The predicted octanol–water partition coefficient (Wildman–Crippen LogP) is 8.31. The molecule has 8 nitrogen and oxygen atoms in total. The third-order valence-electron chi connectivity index (χ3n) is 8.37. The van der Waals surface area contributed by atoms with Gasteiger partial charge in [0.2, 0.25) is 0 Å². The molecule has 2 heterocycles. The fraction of sp³-hybridized carbons (Fsp3) is 0.444. The Hall–Kier alpha value is -3.46. The zero-order chi connectivity index (χ0) is 33.2. The lowest BCUT2D eigenvalue weighted by molar-refractivity contribution is -0.147. The van der Waals surface area contributed by atoms with E-state index in [0.717, 1.165) is 52.3 Å². The standard InChI is InChI=1S/C36H42Cl2N2O6/c1-7-31(23-11-14-28(37)29(38)16-23)44-27-12-9-22(10-13-27)33-21-39(8-2)19-26-15-24-17-30(34(41)43-6)40(35(42)46-36(3,4)5)20-25(24)18-32(26)45-33/h9-16,18,30-31,33H,7-8,17,19-21H2,1-6H3/t30-,31+,33+/m0/s1. The van der Waals surface area contributed by atoms with E-state index < -0.39 is 23.7 Å². The fourth-order valence-corrected chi connectivity index (χ4v) is 6.24. The van der Waals surface area contributed by atoms with Crippen LogP contribution in [0.1, 0.15) is 81.1 Å². The molecule has 5 rings (SSSR count). The Morgan fingerprint density at radius 3 is 2.33 bits per heavy atom. The Labute approximate surface area is 281 Å². The van der Waals surface area contributed by atoms with E-state index in [2.05, 4.69) is 24.8 Å². The van der Waals surface area contributed by atoms with Gasteiger partial charge in [0.15, 0.2) is 0 Å². The Morgan fingerprint density at radius 1 is 0.957 bits per heavy atom. The Balaban J connectivity index is 1.39. The van der Waals surface area contributed by atoms with Crippen LogP contribution in [0.5, 0.6) is 11.5 Å². The number of hydrogen-bond acceptors (Lipinski definition) is 7. The van der Waals surface area contributed by atoms with Crippen LogP contribution < -0.4 is 9.47 Å². The molecule has 2 aliphatic heterocycles. The summed E-state index contributed by atoms with van der Waals surface area (Å²) >= 11 is 12.4. The number of hydrogen-bond donors (Lipinski definition) is 0. The molecule has 246 valence electrons. The van der Waals surface area contributed by atoms with Crippen LogP contribution in [0.25, 0.3) is 0 Å². The molecule has 0 fully saturated rings. The van der Waals surface area contributed by atoms with E-state index in [4.69, 9.17) is 42.1 Å². The van der Waals surface area contributed by atoms with Gasteiger partial charge < -0.3 is 18.9 Å². The highest BCUT2D eigenvalue weighted by atomic mass is 35.5. The second-order valence-corrected chi connectivity index (χ2v) is 13.6. The van der Waals surface area contributed by atoms with Gasteiger partial charge in [0, 0.05) is 25.1 Å². The number of benzene rings is 3. The van der Waals surface area contributed by atoms with Crippen molar-refractivity contribution >= 4 is 35.3 Å². The van der Waals surface area contributed by atoms with Gasteiger partial charge >= 0.3 is 12.1 Å². The molecule has 0 radical (unpaired) electrons. The molecule has 1 amide bonds. The van der Waals surface area contributed by atoms with Crippen molar-refractivity contribution in [2.24, 2.45) is 0 Å². The van der Waals surface area contributed by atoms with Crippen molar-refractivity contribution in [1.29, 1.82) is 0 Å². The van der Waals surface area contributed by atoms with Gasteiger partial charge in [-0.15, -0.1) is 0 Å². The summed E-state index contributed by atoms with van der Waals surface area (Å²) in [4.78, 5) is 29.8. The molecule has 10 heteroatoms. The highest BCUT2D eigenvalue weighted by Crippen LogP contribution is 2.37. The molecule has 0 spiro atoms. The smallest absolute Gasteiger partial charge is 0.411 e. The third-order valence-corrected chi connectivity index (χ3v) is 9.10. The first-order valence-corrected chi connectivity index (χ1v) is 16.5. The van der Waals surface area contributed by atoms with Crippen LogP contribution in [-0.2, 0) is 33.8 Å². The molecule has 46 heavy (non-hydrogen) atoms. The Morgan fingerprint density at radius 2 is 1.70 bits per heavy atom. The van der Waals surface area contributed by atoms with Crippen molar-refractivity contribution in [1.82, 2.24) is 9.80 Å². The maximum Gasteiger partial charge on any atom is 0.411 e. The molecule has 0 aliphatic carbocycles. The molecule has 3 aromatic rings. The first-order valence-electron chi connectivity index (χ1n) is 15.7. The average Bonchev–Trinajstić information content (AvgIpc) is 3.21. The minimum absolute atomic E-state index is 0.164. The van der Waals surface area contributed by atoms with Crippen molar-refractivity contribution in [2.75, 3.05) is 20.2 Å². The monoisotopic (exact) mass is 668 g/mol. The summed E-state index contributed by atoms with van der Waals surface area (Å²) in [5.41, 5.74) is 4.26. The minimum Gasteiger partial charge on any atom is -0.486 e. The van der Waals surface area contributed by atoms with Crippen molar-refractivity contribution in [2.45, 2.75) is 84.4 Å². The number of fused-ring (bicyclic) bond motifs is 2. The molecule has 0 bridgehead atoms. The second kappa shape index (κ2) is 14.1. The number of amides is 1. The normalized spacial score (nSPS) is 18.8. The molecule has 2 aliphatic rings. The molecule has 3 aromatic carbocycles. The molecule has 3 atom stereocenters. The zero-order valence-corrected chi connectivity index (χ0v) is 28.8. The first-order chi connectivity index (χ1) is 21.9. The van der Waals surface area contributed by atoms with Gasteiger partial charge in [0.25, 0.3) is 0 Å². The maximum atomic E-state index is 13.2. The lowest BCUT2D eigenvalue weighted by Gasteiger charge is -2.36. The SMILES string of the molecule is CC[C@@H](Oc1ccc([C@H]2CN(CC)Cc3cc4c(cc3O2)CN(C(=O)OC(C)(C)C)[C@H](C(=O)OC)C4)cc1)c1ccc(Cl)c(Cl)c1. The van der Waals surface area contributed by atoms with Crippen molar-refractivity contribution in [3.8, 4) is 11.5 Å². The lowest BCUT2D eigenvalue weighted by Crippen LogP contribution is -2.50. The number of rotatable bonds is 7. The van der Waals surface area contributed by atoms with Crippen molar-refractivity contribution < 1.29 is 28.5 Å². The molecular formula is C36H42Cl2N2O6. The van der Waals surface area contributed by atoms with Crippen LogP contribution in [0.4, 0.5) is 4.79 Å². The molecule has 0 N–H and O–H groups in total. The maximum absolute atomic E-state index is 13.2. The lowest BCUT2D eigenvalue weighted by atomic mass is 9.92. The van der Waals surface area contributed by atoms with Gasteiger partial charge in [-0.05, 0) is 86.3 Å². The van der Waals surface area contributed by atoms with Crippen LogP contribution in [0.3, 0.4) is 0 Å².